The molecule has 0 atom stereocenters. The molecule has 0 unspecified atom stereocenters. The number of primary amides is 1. The van der Waals surface area contributed by atoms with Crippen LogP contribution in [0.1, 0.15) is 16.8 Å². The Morgan fingerprint density at radius 3 is 2.08 bits per heavy atom. The van der Waals surface area contributed by atoms with Crippen molar-refractivity contribution in [3.63, 3.8) is 0 Å². The highest BCUT2D eigenvalue weighted by Crippen LogP contribution is 2.24. The van der Waals surface area contributed by atoms with Crippen molar-refractivity contribution in [3.05, 3.63) is 59.9 Å². The monoisotopic (exact) mass is 370 g/mol. The van der Waals surface area contributed by atoms with E-state index in [0.29, 0.717) is 5.69 Å². The van der Waals surface area contributed by atoms with E-state index in [9.17, 15) is 27.2 Å². The average molecular weight is 370 g/mol. The van der Waals surface area contributed by atoms with Crippen molar-refractivity contribution in [1.29, 1.82) is 0 Å². The highest BCUT2D eigenvalue weighted by atomic mass is 19.4. The highest BCUT2D eigenvalue weighted by Gasteiger charge is 2.31. The van der Waals surface area contributed by atoms with Gasteiger partial charge in [-0.05, 0) is 48.5 Å². The second-order valence-corrected chi connectivity index (χ2v) is 5.22. The molecule has 5 nitrogen and oxygen atoms in total. The molecule has 0 saturated carbocycles. The molecule has 0 aromatic heterocycles. The maximum absolute atomic E-state index is 13.1. The minimum absolute atomic E-state index is 0.0633. The largest absolute Gasteiger partial charge is 0.573 e. The van der Waals surface area contributed by atoms with Gasteiger partial charge in [0.2, 0.25) is 5.91 Å². The zero-order valence-electron chi connectivity index (χ0n) is 13.3. The van der Waals surface area contributed by atoms with Crippen molar-refractivity contribution in [2.75, 3.05) is 11.4 Å². The van der Waals surface area contributed by atoms with E-state index >= 15 is 0 Å². The van der Waals surface area contributed by atoms with Crippen molar-refractivity contribution < 1.29 is 31.9 Å². The zero-order valence-corrected chi connectivity index (χ0v) is 13.3. The third kappa shape index (κ3) is 5.47. The fourth-order valence-corrected chi connectivity index (χ4v) is 2.15. The van der Waals surface area contributed by atoms with Gasteiger partial charge in [-0.25, -0.2) is 4.39 Å². The summed E-state index contributed by atoms with van der Waals surface area (Å²) in [5.41, 5.74) is 5.48. The van der Waals surface area contributed by atoms with Crippen LogP contribution in [0, 0.1) is 5.82 Å². The molecule has 138 valence electrons. The molecule has 2 aromatic rings. The van der Waals surface area contributed by atoms with Gasteiger partial charge in [0.15, 0.2) is 0 Å². The van der Waals surface area contributed by atoms with Crippen LogP contribution in [-0.2, 0) is 4.79 Å². The first-order valence-electron chi connectivity index (χ1n) is 7.37. The minimum atomic E-state index is -4.84. The van der Waals surface area contributed by atoms with Crippen LogP contribution in [0.3, 0.4) is 0 Å². The molecule has 0 aliphatic rings. The summed E-state index contributed by atoms with van der Waals surface area (Å²) < 4.78 is 53.4. The number of carbonyl (C=O) groups is 2. The second kappa shape index (κ2) is 7.85. The quantitative estimate of drug-likeness (QED) is 0.794. The van der Waals surface area contributed by atoms with Crippen LogP contribution < -0.4 is 15.4 Å². The Morgan fingerprint density at radius 1 is 1.00 bits per heavy atom. The number of alkyl halides is 3. The van der Waals surface area contributed by atoms with Gasteiger partial charge >= 0.3 is 6.36 Å². The molecular formula is C17H14F4N2O3. The third-order valence-electron chi connectivity index (χ3n) is 3.30. The van der Waals surface area contributed by atoms with Crippen LogP contribution in [0.2, 0.25) is 0 Å². The first-order chi connectivity index (χ1) is 12.2. The van der Waals surface area contributed by atoms with Crippen molar-refractivity contribution in [2.24, 2.45) is 5.73 Å². The number of ether oxygens (including phenoxy) is 1. The van der Waals surface area contributed by atoms with Gasteiger partial charge in [0, 0.05) is 24.2 Å². The van der Waals surface area contributed by atoms with Gasteiger partial charge in [0.25, 0.3) is 5.91 Å². The van der Waals surface area contributed by atoms with Gasteiger partial charge in [-0.1, -0.05) is 0 Å². The van der Waals surface area contributed by atoms with Crippen LogP contribution in [0.4, 0.5) is 23.2 Å². The van der Waals surface area contributed by atoms with Crippen molar-refractivity contribution in [2.45, 2.75) is 12.8 Å². The number of halogens is 4. The Labute approximate surface area is 146 Å². The van der Waals surface area contributed by atoms with Crippen molar-refractivity contribution in [1.82, 2.24) is 0 Å². The lowest BCUT2D eigenvalue weighted by atomic mass is 10.1. The van der Waals surface area contributed by atoms with E-state index in [-0.39, 0.29) is 18.5 Å². The SMILES string of the molecule is NC(=O)CCN(C(=O)c1ccc(OC(F)(F)F)cc1)c1ccc(F)cc1. The molecule has 0 aliphatic carbocycles. The summed E-state index contributed by atoms with van der Waals surface area (Å²) in [6, 6.07) is 9.27. The van der Waals surface area contributed by atoms with E-state index in [1.165, 1.54) is 17.0 Å². The zero-order chi connectivity index (χ0) is 19.3. The highest BCUT2D eigenvalue weighted by molar-refractivity contribution is 6.06. The molecule has 9 heteroatoms. The Morgan fingerprint density at radius 2 is 1.58 bits per heavy atom. The minimum Gasteiger partial charge on any atom is -0.406 e. The average Bonchev–Trinajstić information content (AvgIpc) is 2.55. The lowest BCUT2D eigenvalue weighted by molar-refractivity contribution is -0.274. The Hall–Kier alpha value is -3.10. The standard InChI is InChI=1S/C17H14F4N2O3/c18-12-3-5-13(6-4-12)23(10-9-15(22)24)16(25)11-1-7-14(8-2-11)26-17(19,20)21/h1-8H,9-10H2,(H2,22,24). The molecule has 2 aromatic carbocycles. The van der Waals surface area contributed by atoms with Gasteiger partial charge in [-0.15, -0.1) is 13.2 Å². The molecule has 2 amide bonds. The lowest BCUT2D eigenvalue weighted by Gasteiger charge is -2.22. The number of rotatable bonds is 6. The van der Waals surface area contributed by atoms with E-state index < -0.39 is 29.7 Å². The second-order valence-electron chi connectivity index (χ2n) is 5.22. The third-order valence-corrected chi connectivity index (χ3v) is 3.30. The molecule has 0 bridgehead atoms. The van der Waals surface area contributed by atoms with E-state index in [0.717, 1.165) is 36.4 Å². The molecular weight excluding hydrogens is 356 g/mol. The number of amides is 2. The number of carbonyl (C=O) groups excluding carboxylic acids is 2. The maximum atomic E-state index is 13.1. The summed E-state index contributed by atoms with van der Waals surface area (Å²) in [6.07, 6.45) is -4.98. The Kier molecular flexibility index (Phi) is 5.81. The molecule has 0 fully saturated rings. The first kappa shape index (κ1) is 19.2. The summed E-state index contributed by atoms with van der Waals surface area (Å²) in [5.74, 6) is -2.21. The van der Waals surface area contributed by atoms with E-state index in [1.807, 2.05) is 0 Å². The molecule has 0 heterocycles. The number of hydrogen-bond donors (Lipinski definition) is 1. The smallest absolute Gasteiger partial charge is 0.406 e. The van der Waals surface area contributed by atoms with Gasteiger partial charge in [0.1, 0.15) is 11.6 Å². The van der Waals surface area contributed by atoms with Crippen LogP contribution in [0.25, 0.3) is 0 Å². The molecule has 2 rings (SSSR count). The van der Waals surface area contributed by atoms with Gasteiger partial charge in [-0.2, -0.15) is 0 Å². The maximum Gasteiger partial charge on any atom is 0.573 e. The number of hydrogen-bond acceptors (Lipinski definition) is 3. The Bertz CT molecular complexity index is 774. The Balaban J connectivity index is 2.24. The molecule has 0 radical (unpaired) electrons. The summed E-state index contributed by atoms with van der Waals surface area (Å²) >= 11 is 0. The number of benzene rings is 2. The summed E-state index contributed by atoms with van der Waals surface area (Å²) in [6.45, 7) is -0.0688. The van der Waals surface area contributed by atoms with Gasteiger partial charge in [-0.3, -0.25) is 9.59 Å². The number of nitrogens with two attached hydrogens (primary N) is 1. The van der Waals surface area contributed by atoms with Crippen LogP contribution in [0.5, 0.6) is 5.75 Å². The van der Waals surface area contributed by atoms with E-state index in [1.54, 1.807) is 0 Å². The van der Waals surface area contributed by atoms with Gasteiger partial charge in [0.05, 0.1) is 0 Å². The summed E-state index contributed by atoms with van der Waals surface area (Å²) in [4.78, 5) is 24.9. The van der Waals surface area contributed by atoms with Gasteiger partial charge < -0.3 is 15.4 Å². The van der Waals surface area contributed by atoms with E-state index in [2.05, 4.69) is 4.74 Å². The molecule has 0 saturated heterocycles. The summed E-state index contributed by atoms with van der Waals surface area (Å²) in [5, 5.41) is 0. The summed E-state index contributed by atoms with van der Waals surface area (Å²) in [7, 11) is 0. The van der Waals surface area contributed by atoms with Crippen LogP contribution in [0.15, 0.2) is 48.5 Å². The van der Waals surface area contributed by atoms with Crippen molar-refractivity contribution in [3.8, 4) is 5.75 Å². The van der Waals surface area contributed by atoms with Crippen molar-refractivity contribution >= 4 is 17.5 Å². The molecule has 2 N–H and O–H groups in total. The number of nitrogens with zero attached hydrogens (tertiary/aromatic N) is 1. The molecule has 0 aliphatic heterocycles. The van der Waals surface area contributed by atoms with Crippen LogP contribution >= 0.6 is 0 Å². The normalized spacial score (nSPS) is 11.1. The number of anilines is 1. The lowest BCUT2D eigenvalue weighted by Crippen LogP contribution is -2.34. The molecule has 26 heavy (non-hydrogen) atoms. The predicted molar refractivity (Wildman–Crippen MR) is 85.0 cm³/mol. The van der Waals surface area contributed by atoms with Crippen LogP contribution in [-0.4, -0.2) is 24.7 Å². The topological polar surface area (TPSA) is 72.6 Å². The molecule has 0 spiro atoms. The fraction of sp³-hybridized carbons (Fsp3) is 0.176. The fourth-order valence-electron chi connectivity index (χ4n) is 2.15. The first-order valence-corrected chi connectivity index (χ1v) is 7.37. The van der Waals surface area contributed by atoms with E-state index in [4.69, 9.17) is 5.73 Å². The predicted octanol–water partition coefficient (Wildman–Crippen LogP) is 3.25.